The van der Waals surface area contributed by atoms with Gasteiger partial charge in [0.1, 0.15) is 0 Å². The van der Waals surface area contributed by atoms with E-state index >= 15 is 0 Å². The van der Waals surface area contributed by atoms with Crippen molar-refractivity contribution in [2.24, 2.45) is 0 Å². The van der Waals surface area contributed by atoms with Gasteiger partial charge in [0.05, 0.1) is 0 Å². The highest BCUT2D eigenvalue weighted by Crippen LogP contribution is 2.42. The van der Waals surface area contributed by atoms with E-state index in [0.29, 0.717) is 0 Å². The Morgan fingerprint density at radius 3 is 2.57 bits per heavy atom. The first-order chi connectivity index (χ1) is 6.95. The van der Waals surface area contributed by atoms with E-state index < -0.39 is 0 Å². The number of nitrogens with one attached hydrogen (secondary N) is 1. The molecule has 1 saturated carbocycles. The Hall–Kier alpha value is -1.24. The number of hydrogen-bond acceptors (Lipinski definition) is 0. The summed E-state index contributed by atoms with van der Waals surface area (Å²) < 4.78 is 0. The molecular formula is C13H17N. The van der Waals surface area contributed by atoms with Crippen LogP contribution in [0.4, 0.5) is 0 Å². The zero-order valence-electron chi connectivity index (χ0n) is 8.88. The number of para-hydroxylation sites is 1. The Bertz CT molecular complexity index is 410. The van der Waals surface area contributed by atoms with E-state index in [-0.39, 0.29) is 0 Å². The summed E-state index contributed by atoms with van der Waals surface area (Å²) in [5.74, 6) is 0.848. The molecule has 0 aliphatic heterocycles. The molecule has 1 aromatic heterocycles. The van der Waals surface area contributed by atoms with Gasteiger partial charge in [-0.25, -0.2) is 0 Å². The van der Waals surface area contributed by atoms with Crippen molar-refractivity contribution in [3.8, 4) is 0 Å². The summed E-state index contributed by atoms with van der Waals surface area (Å²) in [5.41, 5.74) is 2.80. The first kappa shape index (κ1) is 9.32. The minimum atomic E-state index is 0.848. The third-order valence-electron chi connectivity index (χ3n) is 2.64. The Balaban J connectivity index is 0.000000354. The summed E-state index contributed by atoms with van der Waals surface area (Å²) in [6, 6.07) is 8.54. The van der Waals surface area contributed by atoms with Gasteiger partial charge in [-0.1, -0.05) is 32.0 Å². The Kier molecular flexibility index (Phi) is 2.58. The van der Waals surface area contributed by atoms with Gasteiger partial charge < -0.3 is 4.98 Å². The van der Waals surface area contributed by atoms with Gasteiger partial charge in [0.15, 0.2) is 0 Å². The second-order valence-electron chi connectivity index (χ2n) is 3.56. The molecule has 74 valence electrons. The molecule has 0 spiro atoms. The van der Waals surface area contributed by atoms with Crippen LogP contribution in [0.5, 0.6) is 0 Å². The average molecular weight is 187 g/mol. The fourth-order valence-corrected chi connectivity index (χ4v) is 1.83. The predicted molar refractivity (Wildman–Crippen MR) is 61.6 cm³/mol. The zero-order chi connectivity index (χ0) is 9.97. The summed E-state index contributed by atoms with van der Waals surface area (Å²) >= 11 is 0. The molecule has 0 radical (unpaired) electrons. The quantitative estimate of drug-likeness (QED) is 0.692. The van der Waals surface area contributed by atoms with E-state index in [0.717, 1.165) is 5.92 Å². The van der Waals surface area contributed by atoms with Crippen molar-refractivity contribution in [2.75, 3.05) is 0 Å². The van der Waals surface area contributed by atoms with Crippen molar-refractivity contribution < 1.29 is 0 Å². The average Bonchev–Trinajstić information content (AvgIpc) is 3.01. The van der Waals surface area contributed by atoms with Crippen LogP contribution in [-0.4, -0.2) is 4.98 Å². The van der Waals surface area contributed by atoms with Crippen LogP contribution in [0.1, 0.15) is 38.2 Å². The second kappa shape index (κ2) is 3.87. The van der Waals surface area contributed by atoms with Gasteiger partial charge >= 0.3 is 0 Å². The zero-order valence-corrected chi connectivity index (χ0v) is 8.88. The Labute approximate surface area is 85.1 Å². The van der Waals surface area contributed by atoms with Crippen LogP contribution in [0.2, 0.25) is 0 Å². The molecule has 1 fully saturated rings. The molecule has 1 aliphatic carbocycles. The molecule has 0 amide bonds. The largest absolute Gasteiger partial charge is 0.361 e. The van der Waals surface area contributed by atoms with Crippen LogP contribution < -0.4 is 0 Å². The van der Waals surface area contributed by atoms with Crippen molar-refractivity contribution >= 4 is 10.9 Å². The van der Waals surface area contributed by atoms with Crippen LogP contribution in [0.25, 0.3) is 10.9 Å². The normalized spacial score (nSPS) is 15.0. The maximum absolute atomic E-state index is 3.31. The van der Waals surface area contributed by atoms with Gasteiger partial charge in [0.2, 0.25) is 0 Å². The fraction of sp³-hybridized carbons (Fsp3) is 0.385. The number of benzene rings is 1. The van der Waals surface area contributed by atoms with E-state index in [1.165, 1.54) is 29.3 Å². The predicted octanol–water partition coefficient (Wildman–Crippen LogP) is 4.07. The van der Waals surface area contributed by atoms with E-state index in [1.54, 1.807) is 0 Å². The lowest BCUT2D eigenvalue weighted by Gasteiger charge is -1.92. The van der Waals surface area contributed by atoms with Crippen molar-refractivity contribution in [3.63, 3.8) is 0 Å². The molecule has 0 unspecified atom stereocenters. The van der Waals surface area contributed by atoms with Crippen LogP contribution >= 0.6 is 0 Å². The summed E-state index contributed by atoms with van der Waals surface area (Å²) in [5, 5.41) is 1.42. The van der Waals surface area contributed by atoms with Gasteiger partial charge in [0, 0.05) is 17.1 Å². The molecule has 1 aromatic carbocycles. The molecule has 1 aliphatic rings. The van der Waals surface area contributed by atoms with Gasteiger partial charge in [-0.2, -0.15) is 0 Å². The van der Waals surface area contributed by atoms with E-state index in [1.807, 2.05) is 13.8 Å². The molecule has 1 nitrogen and oxygen atoms in total. The number of aromatic nitrogens is 1. The molecule has 0 bridgehead atoms. The Morgan fingerprint density at radius 2 is 1.86 bits per heavy atom. The number of H-pyrrole nitrogens is 1. The monoisotopic (exact) mass is 187 g/mol. The van der Waals surface area contributed by atoms with Crippen molar-refractivity contribution in [3.05, 3.63) is 36.0 Å². The minimum absolute atomic E-state index is 0.848. The summed E-state index contributed by atoms with van der Waals surface area (Å²) in [4.78, 5) is 3.31. The molecular weight excluding hydrogens is 170 g/mol. The maximum Gasteiger partial charge on any atom is 0.0456 e. The highest BCUT2D eigenvalue weighted by atomic mass is 14.7. The van der Waals surface area contributed by atoms with Crippen LogP contribution in [-0.2, 0) is 0 Å². The third kappa shape index (κ3) is 1.54. The van der Waals surface area contributed by atoms with Crippen molar-refractivity contribution in [1.82, 2.24) is 4.98 Å². The fourth-order valence-electron chi connectivity index (χ4n) is 1.83. The molecule has 0 atom stereocenters. The topological polar surface area (TPSA) is 15.8 Å². The standard InChI is InChI=1S/C11H11N.C2H6/c1-2-4-11-9(3-1)10(7-12-11)8-5-6-8;1-2/h1-4,7-8,12H,5-6H2;1-2H3. The van der Waals surface area contributed by atoms with E-state index in [2.05, 4.69) is 35.4 Å². The van der Waals surface area contributed by atoms with Gasteiger partial charge in [-0.3, -0.25) is 0 Å². The van der Waals surface area contributed by atoms with Crippen LogP contribution in [0.3, 0.4) is 0 Å². The lowest BCUT2D eigenvalue weighted by molar-refractivity contribution is 1.15. The molecule has 1 heteroatoms. The lowest BCUT2D eigenvalue weighted by atomic mass is 10.1. The van der Waals surface area contributed by atoms with Crippen molar-refractivity contribution in [1.29, 1.82) is 0 Å². The second-order valence-corrected chi connectivity index (χ2v) is 3.56. The molecule has 0 saturated heterocycles. The van der Waals surface area contributed by atoms with Crippen LogP contribution in [0, 0.1) is 0 Å². The van der Waals surface area contributed by atoms with Gasteiger partial charge in [0.25, 0.3) is 0 Å². The minimum Gasteiger partial charge on any atom is -0.361 e. The number of aromatic amines is 1. The van der Waals surface area contributed by atoms with E-state index in [9.17, 15) is 0 Å². The van der Waals surface area contributed by atoms with Crippen LogP contribution in [0.15, 0.2) is 30.5 Å². The first-order valence-corrected chi connectivity index (χ1v) is 5.51. The molecule has 14 heavy (non-hydrogen) atoms. The third-order valence-corrected chi connectivity index (χ3v) is 2.64. The molecule has 3 rings (SSSR count). The summed E-state index contributed by atoms with van der Waals surface area (Å²) in [7, 11) is 0. The highest BCUT2D eigenvalue weighted by molar-refractivity contribution is 5.83. The van der Waals surface area contributed by atoms with E-state index in [4.69, 9.17) is 0 Å². The highest BCUT2D eigenvalue weighted by Gasteiger charge is 2.25. The number of fused-ring (bicyclic) bond motifs is 1. The SMILES string of the molecule is CC.c1ccc2c(C3CC3)c[nH]c2c1. The smallest absolute Gasteiger partial charge is 0.0456 e. The number of hydrogen-bond donors (Lipinski definition) is 1. The molecule has 1 N–H and O–H groups in total. The summed E-state index contributed by atoms with van der Waals surface area (Å²) in [6.45, 7) is 4.00. The van der Waals surface area contributed by atoms with Crippen molar-refractivity contribution in [2.45, 2.75) is 32.6 Å². The Morgan fingerprint density at radius 1 is 1.14 bits per heavy atom. The van der Waals surface area contributed by atoms with Gasteiger partial charge in [-0.15, -0.1) is 0 Å². The number of rotatable bonds is 1. The molecule has 1 heterocycles. The summed E-state index contributed by atoms with van der Waals surface area (Å²) in [6.07, 6.45) is 4.92. The van der Waals surface area contributed by atoms with Gasteiger partial charge in [-0.05, 0) is 30.4 Å². The molecule has 2 aromatic rings. The maximum atomic E-state index is 3.31. The lowest BCUT2D eigenvalue weighted by Crippen LogP contribution is -1.72. The first-order valence-electron chi connectivity index (χ1n) is 5.51.